The Hall–Kier alpha value is -2.64. The van der Waals surface area contributed by atoms with Crippen LogP contribution in [0.4, 0.5) is 8.78 Å². The number of benzene rings is 1. The quantitative estimate of drug-likeness (QED) is 0.647. The molecule has 0 unspecified atom stereocenters. The van der Waals surface area contributed by atoms with E-state index in [1.807, 2.05) is 10.9 Å². The van der Waals surface area contributed by atoms with Gasteiger partial charge in [-0.25, -0.2) is 9.37 Å². The molecule has 0 N–H and O–H groups in total. The third-order valence-electron chi connectivity index (χ3n) is 4.67. The molecule has 1 aromatic carbocycles. The minimum Gasteiger partial charge on any atom is -0.379 e. The highest BCUT2D eigenvalue weighted by molar-refractivity contribution is 5.80. The Morgan fingerprint density at radius 3 is 2.48 bits per heavy atom. The molecule has 7 heteroatoms. The van der Waals surface area contributed by atoms with E-state index in [0.29, 0.717) is 17.8 Å². The maximum atomic E-state index is 13.6. The summed E-state index contributed by atoms with van der Waals surface area (Å²) in [7, 11) is 0. The van der Waals surface area contributed by atoms with Crippen molar-refractivity contribution < 1.29 is 13.5 Å². The van der Waals surface area contributed by atoms with Gasteiger partial charge in [0.15, 0.2) is 0 Å². The number of hydrogen-bond donors (Lipinski definition) is 0. The van der Waals surface area contributed by atoms with E-state index < -0.39 is 5.95 Å². The molecular weight excluding hydrogens is 350 g/mol. The first-order valence-corrected chi connectivity index (χ1v) is 8.94. The largest absolute Gasteiger partial charge is 0.379 e. The lowest BCUT2D eigenvalue weighted by Crippen LogP contribution is -2.38. The number of morpholine rings is 1. The lowest BCUT2D eigenvalue weighted by Gasteiger charge is -2.26. The number of pyridine rings is 1. The average molecular weight is 370 g/mol. The van der Waals surface area contributed by atoms with Crippen molar-refractivity contribution in [2.24, 2.45) is 0 Å². The summed E-state index contributed by atoms with van der Waals surface area (Å²) in [5, 5.41) is 4.69. The summed E-state index contributed by atoms with van der Waals surface area (Å²) >= 11 is 0. The molecule has 27 heavy (non-hydrogen) atoms. The lowest BCUT2D eigenvalue weighted by molar-refractivity contribution is 0.0360. The Morgan fingerprint density at radius 2 is 1.74 bits per heavy atom. The minimum absolute atomic E-state index is 0.304. The zero-order chi connectivity index (χ0) is 18.6. The van der Waals surface area contributed by atoms with Crippen molar-refractivity contribution in [3.05, 3.63) is 60.6 Å². The second-order valence-electron chi connectivity index (χ2n) is 6.48. The van der Waals surface area contributed by atoms with Crippen molar-refractivity contribution in [1.29, 1.82) is 0 Å². The average Bonchev–Trinajstić information content (AvgIpc) is 3.12. The summed E-state index contributed by atoms with van der Waals surface area (Å²) in [4.78, 5) is 5.95. The van der Waals surface area contributed by atoms with Gasteiger partial charge in [-0.05, 0) is 35.9 Å². The standard InChI is InChI=1S/C20H20F2N4O/c21-17-3-1-15(2-4-17)20-18(16-5-6-23-19(22)13-16)14-26(24-20)8-7-25-9-11-27-12-10-25/h1-6,13-14H,7-12H2. The van der Waals surface area contributed by atoms with Crippen LogP contribution < -0.4 is 0 Å². The third kappa shape index (κ3) is 4.20. The Labute approximate surface area is 156 Å². The fourth-order valence-corrected chi connectivity index (χ4v) is 3.21. The number of hydrogen-bond acceptors (Lipinski definition) is 4. The van der Waals surface area contributed by atoms with Crippen molar-refractivity contribution in [2.75, 3.05) is 32.8 Å². The van der Waals surface area contributed by atoms with Gasteiger partial charge in [-0.1, -0.05) is 0 Å². The molecule has 0 amide bonds. The molecule has 0 aliphatic carbocycles. The van der Waals surface area contributed by atoms with Crippen LogP contribution in [0.2, 0.25) is 0 Å². The van der Waals surface area contributed by atoms with E-state index in [1.165, 1.54) is 24.4 Å². The highest BCUT2D eigenvalue weighted by atomic mass is 19.1. The van der Waals surface area contributed by atoms with Crippen LogP contribution in [-0.4, -0.2) is 52.5 Å². The lowest BCUT2D eigenvalue weighted by atomic mass is 10.0. The summed E-state index contributed by atoms with van der Waals surface area (Å²) in [6, 6.07) is 9.31. The second kappa shape index (κ2) is 7.94. The maximum Gasteiger partial charge on any atom is 0.213 e. The number of ether oxygens (including phenoxy) is 1. The van der Waals surface area contributed by atoms with Crippen LogP contribution in [-0.2, 0) is 11.3 Å². The number of aromatic nitrogens is 3. The van der Waals surface area contributed by atoms with Crippen LogP contribution in [0.3, 0.4) is 0 Å². The molecule has 3 heterocycles. The summed E-state index contributed by atoms with van der Waals surface area (Å²) in [6.07, 6.45) is 3.35. The molecule has 1 fully saturated rings. The molecule has 0 spiro atoms. The third-order valence-corrected chi connectivity index (χ3v) is 4.67. The van der Waals surface area contributed by atoms with Gasteiger partial charge in [0.2, 0.25) is 5.95 Å². The van der Waals surface area contributed by atoms with Crippen LogP contribution in [0.1, 0.15) is 0 Å². The van der Waals surface area contributed by atoms with E-state index in [-0.39, 0.29) is 5.82 Å². The van der Waals surface area contributed by atoms with Crippen molar-refractivity contribution >= 4 is 0 Å². The number of rotatable bonds is 5. The summed E-state index contributed by atoms with van der Waals surface area (Å²) in [5.74, 6) is -0.847. The van der Waals surface area contributed by atoms with E-state index in [4.69, 9.17) is 9.84 Å². The van der Waals surface area contributed by atoms with E-state index >= 15 is 0 Å². The summed E-state index contributed by atoms with van der Waals surface area (Å²) in [6.45, 7) is 4.89. The molecule has 5 nitrogen and oxygen atoms in total. The SMILES string of the molecule is Fc1ccc(-c2nn(CCN3CCOCC3)cc2-c2ccnc(F)c2)cc1. The van der Waals surface area contributed by atoms with Crippen LogP contribution in [0, 0.1) is 11.8 Å². The van der Waals surface area contributed by atoms with Gasteiger partial charge in [-0.3, -0.25) is 9.58 Å². The molecular formula is C20H20F2N4O. The van der Waals surface area contributed by atoms with Gasteiger partial charge in [0.25, 0.3) is 0 Å². The molecule has 2 aromatic heterocycles. The fraction of sp³-hybridized carbons (Fsp3) is 0.300. The molecule has 140 valence electrons. The van der Waals surface area contributed by atoms with Gasteiger partial charge in [-0.15, -0.1) is 0 Å². The Balaban J connectivity index is 1.65. The number of halogens is 2. The molecule has 1 aliphatic heterocycles. The topological polar surface area (TPSA) is 43.2 Å². The summed E-state index contributed by atoms with van der Waals surface area (Å²) < 4.78 is 34.2. The van der Waals surface area contributed by atoms with Gasteiger partial charge in [0, 0.05) is 49.2 Å². The molecule has 0 bridgehead atoms. The second-order valence-corrected chi connectivity index (χ2v) is 6.48. The molecule has 0 radical (unpaired) electrons. The van der Waals surface area contributed by atoms with Crippen molar-refractivity contribution in [3.63, 3.8) is 0 Å². The molecule has 1 aliphatic rings. The normalized spacial score (nSPS) is 15.2. The minimum atomic E-state index is -0.543. The van der Waals surface area contributed by atoms with Gasteiger partial charge in [0.05, 0.1) is 19.8 Å². The zero-order valence-corrected chi connectivity index (χ0v) is 14.8. The van der Waals surface area contributed by atoms with Gasteiger partial charge < -0.3 is 4.74 Å². The Morgan fingerprint density at radius 1 is 0.963 bits per heavy atom. The Kier molecular flexibility index (Phi) is 5.22. The van der Waals surface area contributed by atoms with Gasteiger partial charge in [0.1, 0.15) is 11.5 Å². The first-order chi connectivity index (χ1) is 13.2. The monoisotopic (exact) mass is 370 g/mol. The van der Waals surface area contributed by atoms with Crippen LogP contribution in [0.15, 0.2) is 48.8 Å². The Bertz CT molecular complexity index is 905. The van der Waals surface area contributed by atoms with Crippen molar-refractivity contribution in [3.8, 4) is 22.4 Å². The van der Waals surface area contributed by atoms with E-state index in [2.05, 4.69) is 9.88 Å². The van der Waals surface area contributed by atoms with E-state index in [1.54, 1.807) is 18.2 Å². The van der Waals surface area contributed by atoms with Gasteiger partial charge in [-0.2, -0.15) is 9.49 Å². The van der Waals surface area contributed by atoms with E-state index in [0.717, 1.165) is 44.0 Å². The van der Waals surface area contributed by atoms with Crippen molar-refractivity contribution in [1.82, 2.24) is 19.7 Å². The molecule has 1 saturated heterocycles. The van der Waals surface area contributed by atoms with Crippen LogP contribution in [0.25, 0.3) is 22.4 Å². The van der Waals surface area contributed by atoms with Crippen LogP contribution >= 0.6 is 0 Å². The molecule has 4 rings (SSSR count). The van der Waals surface area contributed by atoms with Crippen molar-refractivity contribution in [2.45, 2.75) is 6.54 Å². The summed E-state index contributed by atoms with van der Waals surface area (Å²) in [5.41, 5.74) is 2.97. The first kappa shape index (κ1) is 17.8. The highest BCUT2D eigenvalue weighted by Crippen LogP contribution is 2.31. The molecule has 0 saturated carbocycles. The first-order valence-electron chi connectivity index (χ1n) is 8.94. The fourth-order valence-electron chi connectivity index (χ4n) is 3.21. The predicted octanol–water partition coefficient (Wildman–Crippen LogP) is 3.22. The van der Waals surface area contributed by atoms with E-state index in [9.17, 15) is 8.78 Å². The van der Waals surface area contributed by atoms with Crippen LogP contribution in [0.5, 0.6) is 0 Å². The zero-order valence-electron chi connectivity index (χ0n) is 14.8. The smallest absolute Gasteiger partial charge is 0.213 e. The maximum absolute atomic E-state index is 13.6. The molecule has 0 atom stereocenters. The van der Waals surface area contributed by atoms with Gasteiger partial charge >= 0.3 is 0 Å². The highest BCUT2D eigenvalue weighted by Gasteiger charge is 2.16. The molecule has 3 aromatic rings. The predicted molar refractivity (Wildman–Crippen MR) is 98.1 cm³/mol. The number of nitrogens with zero attached hydrogens (tertiary/aromatic N) is 4.